The Bertz CT molecular complexity index is 406. The van der Waals surface area contributed by atoms with Crippen molar-refractivity contribution in [2.45, 2.75) is 19.4 Å². The number of carbonyl (C=O) groups is 1. The minimum Gasteiger partial charge on any atom is -0.396 e. The van der Waals surface area contributed by atoms with E-state index in [0.29, 0.717) is 24.9 Å². The van der Waals surface area contributed by atoms with E-state index in [1.54, 1.807) is 24.1 Å². The molecule has 1 rings (SSSR count). The predicted octanol–water partition coefficient (Wildman–Crippen LogP) is 1.29. The Kier molecular flexibility index (Phi) is 5.18. The van der Waals surface area contributed by atoms with Crippen molar-refractivity contribution in [1.82, 2.24) is 4.90 Å². The molecule has 0 aromatic heterocycles. The van der Waals surface area contributed by atoms with Gasteiger partial charge in [0, 0.05) is 26.6 Å². The van der Waals surface area contributed by atoms with Crippen LogP contribution in [-0.2, 0) is 11.3 Å². The minimum absolute atomic E-state index is 0.0170. The number of benzene rings is 1. The van der Waals surface area contributed by atoms with Crippen LogP contribution >= 0.6 is 0 Å². The number of rotatable bonds is 5. The molecule has 17 heavy (non-hydrogen) atoms. The fraction of sp³-hybridized carbons (Fsp3) is 0.385. The van der Waals surface area contributed by atoms with E-state index >= 15 is 0 Å². The van der Waals surface area contributed by atoms with Crippen LogP contribution in [0.4, 0.5) is 0 Å². The van der Waals surface area contributed by atoms with Gasteiger partial charge in [-0.3, -0.25) is 4.79 Å². The molecular formula is C13H16N2O2. The van der Waals surface area contributed by atoms with Crippen molar-refractivity contribution in [3.63, 3.8) is 0 Å². The van der Waals surface area contributed by atoms with Gasteiger partial charge in [-0.1, -0.05) is 12.1 Å². The molecule has 1 N–H and O–H groups in total. The summed E-state index contributed by atoms with van der Waals surface area (Å²) in [6.07, 6.45) is 0.861. The summed E-state index contributed by atoms with van der Waals surface area (Å²) in [6, 6.07) is 9.21. The van der Waals surface area contributed by atoms with Gasteiger partial charge in [0.15, 0.2) is 0 Å². The van der Waals surface area contributed by atoms with Gasteiger partial charge in [0.25, 0.3) is 0 Å². The number of hydrogen-bond acceptors (Lipinski definition) is 3. The molecule has 4 nitrogen and oxygen atoms in total. The van der Waals surface area contributed by atoms with Crippen LogP contribution in [0.3, 0.4) is 0 Å². The lowest BCUT2D eigenvalue weighted by molar-refractivity contribution is -0.130. The summed E-state index contributed by atoms with van der Waals surface area (Å²) in [5.41, 5.74) is 1.60. The average molecular weight is 232 g/mol. The number of hydrogen-bond donors (Lipinski definition) is 1. The SMILES string of the molecule is CN(Cc1ccc(C#N)cc1)C(=O)CCCO. The van der Waals surface area contributed by atoms with Crippen LogP contribution in [0.2, 0.25) is 0 Å². The van der Waals surface area contributed by atoms with Gasteiger partial charge in [-0.15, -0.1) is 0 Å². The summed E-state index contributed by atoms with van der Waals surface area (Å²) in [4.78, 5) is 13.2. The summed E-state index contributed by atoms with van der Waals surface area (Å²) in [7, 11) is 1.73. The van der Waals surface area contributed by atoms with Crippen LogP contribution in [0.25, 0.3) is 0 Å². The van der Waals surface area contributed by atoms with Gasteiger partial charge in [0.2, 0.25) is 5.91 Å². The van der Waals surface area contributed by atoms with Crippen molar-refractivity contribution in [2.24, 2.45) is 0 Å². The topological polar surface area (TPSA) is 64.3 Å². The van der Waals surface area contributed by atoms with Crippen LogP contribution in [0, 0.1) is 11.3 Å². The first-order valence-corrected chi connectivity index (χ1v) is 5.51. The molecule has 1 aromatic carbocycles. The maximum absolute atomic E-state index is 11.6. The largest absolute Gasteiger partial charge is 0.396 e. The molecule has 0 bridgehead atoms. The molecule has 90 valence electrons. The third kappa shape index (κ3) is 4.25. The number of amides is 1. The van der Waals surface area contributed by atoms with E-state index in [0.717, 1.165) is 5.56 Å². The maximum atomic E-state index is 11.6. The molecule has 0 saturated heterocycles. The summed E-state index contributed by atoms with van der Waals surface area (Å²) in [5.74, 6) is 0.0170. The Morgan fingerprint density at radius 1 is 1.41 bits per heavy atom. The summed E-state index contributed by atoms with van der Waals surface area (Å²) < 4.78 is 0. The first-order chi connectivity index (χ1) is 8.17. The van der Waals surface area contributed by atoms with Gasteiger partial charge in [-0.25, -0.2) is 0 Å². The number of nitrogens with zero attached hydrogens (tertiary/aromatic N) is 2. The zero-order valence-electron chi connectivity index (χ0n) is 9.89. The smallest absolute Gasteiger partial charge is 0.222 e. The van der Waals surface area contributed by atoms with E-state index in [4.69, 9.17) is 10.4 Å². The van der Waals surface area contributed by atoms with Gasteiger partial charge >= 0.3 is 0 Å². The van der Waals surface area contributed by atoms with E-state index in [1.807, 2.05) is 18.2 Å². The van der Waals surface area contributed by atoms with Crippen LogP contribution in [0.1, 0.15) is 24.0 Å². The third-order valence-electron chi connectivity index (χ3n) is 2.48. The molecule has 0 aliphatic rings. The second-order valence-electron chi connectivity index (χ2n) is 3.89. The van der Waals surface area contributed by atoms with Gasteiger partial charge < -0.3 is 10.0 Å². The minimum atomic E-state index is 0.0170. The predicted molar refractivity (Wildman–Crippen MR) is 64.0 cm³/mol. The normalized spacial score (nSPS) is 9.71. The zero-order chi connectivity index (χ0) is 12.7. The molecule has 0 unspecified atom stereocenters. The standard InChI is InChI=1S/C13H16N2O2/c1-15(13(17)3-2-8-16)10-12-6-4-11(9-14)5-7-12/h4-7,16H,2-3,8,10H2,1H3. The van der Waals surface area contributed by atoms with Crippen molar-refractivity contribution < 1.29 is 9.90 Å². The molecule has 0 saturated carbocycles. The zero-order valence-corrected chi connectivity index (χ0v) is 9.89. The van der Waals surface area contributed by atoms with Crippen molar-refractivity contribution >= 4 is 5.91 Å². The Hall–Kier alpha value is -1.86. The molecule has 0 radical (unpaired) electrons. The lowest BCUT2D eigenvalue weighted by Crippen LogP contribution is -2.26. The molecule has 0 heterocycles. The highest BCUT2D eigenvalue weighted by atomic mass is 16.3. The summed E-state index contributed by atoms with van der Waals surface area (Å²) >= 11 is 0. The van der Waals surface area contributed by atoms with E-state index < -0.39 is 0 Å². The number of nitriles is 1. The number of aliphatic hydroxyl groups excluding tert-OH is 1. The molecule has 0 aliphatic carbocycles. The second kappa shape index (κ2) is 6.66. The van der Waals surface area contributed by atoms with E-state index in [-0.39, 0.29) is 12.5 Å². The van der Waals surface area contributed by atoms with Gasteiger partial charge in [-0.05, 0) is 24.1 Å². The Labute approximate surface area is 101 Å². The number of aliphatic hydroxyl groups is 1. The first-order valence-electron chi connectivity index (χ1n) is 5.51. The molecule has 0 atom stereocenters. The maximum Gasteiger partial charge on any atom is 0.222 e. The fourth-order valence-corrected chi connectivity index (χ4v) is 1.47. The van der Waals surface area contributed by atoms with E-state index in [2.05, 4.69) is 0 Å². The monoisotopic (exact) mass is 232 g/mol. The van der Waals surface area contributed by atoms with Gasteiger partial charge in [0.1, 0.15) is 0 Å². The molecule has 0 fully saturated rings. The molecule has 4 heteroatoms. The van der Waals surface area contributed by atoms with Crippen molar-refractivity contribution in [3.05, 3.63) is 35.4 Å². The van der Waals surface area contributed by atoms with E-state index in [1.165, 1.54) is 0 Å². The van der Waals surface area contributed by atoms with Crippen molar-refractivity contribution in [3.8, 4) is 6.07 Å². The van der Waals surface area contributed by atoms with Crippen LogP contribution in [0.5, 0.6) is 0 Å². The molecule has 0 spiro atoms. The summed E-state index contributed by atoms with van der Waals surface area (Å²) in [6.45, 7) is 0.562. The average Bonchev–Trinajstić information content (AvgIpc) is 2.36. The lowest BCUT2D eigenvalue weighted by atomic mass is 10.1. The Balaban J connectivity index is 2.52. The Morgan fingerprint density at radius 2 is 2.06 bits per heavy atom. The highest BCUT2D eigenvalue weighted by molar-refractivity contribution is 5.75. The second-order valence-corrected chi connectivity index (χ2v) is 3.89. The fourth-order valence-electron chi connectivity index (χ4n) is 1.47. The van der Waals surface area contributed by atoms with Crippen LogP contribution in [-0.4, -0.2) is 29.6 Å². The highest BCUT2D eigenvalue weighted by Crippen LogP contribution is 2.07. The third-order valence-corrected chi connectivity index (χ3v) is 2.48. The lowest BCUT2D eigenvalue weighted by Gasteiger charge is -2.17. The highest BCUT2D eigenvalue weighted by Gasteiger charge is 2.08. The van der Waals surface area contributed by atoms with Crippen molar-refractivity contribution in [1.29, 1.82) is 5.26 Å². The van der Waals surface area contributed by atoms with Crippen LogP contribution < -0.4 is 0 Å². The number of carbonyl (C=O) groups excluding carboxylic acids is 1. The van der Waals surface area contributed by atoms with E-state index in [9.17, 15) is 4.79 Å². The van der Waals surface area contributed by atoms with Crippen LogP contribution in [0.15, 0.2) is 24.3 Å². The molecule has 1 aromatic rings. The first kappa shape index (κ1) is 13.2. The molecule has 0 aliphatic heterocycles. The van der Waals surface area contributed by atoms with Gasteiger partial charge in [0.05, 0.1) is 11.6 Å². The quantitative estimate of drug-likeness (QED) is 0.832. The summed E-state index contributed by atoms with van der Waals surface area (Å²) in [5, 5.41) is 17.3. The molecular weight excluding hydrogens is 216 g/mol. The van der Waals surface area contributed by atoms with Gasteiger partial charge in [-0.2, -0.15) is 5.26 Å². The molecule has 1 amide bonds. The van der Waals surface area contributed by atoms with Crippen molar-refractivity contribution in [2.75, 3.05) is 13.7 Å². The Morgan fingerprint density at radius 3 is 2.59 bits per heavy atom.